The minimum atomic E-state index is -0.386. The quantitative estimate of drug-likeness (QED) is 0.369. The molecule has 1 aliphatic rings. The van der Waals surface area contributed by atoms with Crippen molar-refractivity contribution in [1.29, 1.82) is 0 Å². The van der Waals surface area contributed by atoms with Crippen molar-refractivity contribution in [1.82, 2.24) is 9.21 Å². The molecule has 1 aliphatic heterocycles. The van der Waals surface area contributed by atoms with E-state index in [0.717, 1.165) is 13.0 Å². The number of amides is 1. The molecule has 25 heavy (non-hydrogen) atoms. The topological polar surface area (TPSA) is 105 Å². The minimum absolute atomic E-state index is 0.0769. The third-order valence-electron chi connectivity index (χ3n) is 3.48. The zero-order chi connectivity index (χ0) is 18.4. The van der Waals surface area contributed by atoms with Gasteiger partial charge in [-0.1, -0.05) is 12.1 Å². The molecule has 134 valence electrons. The smallest absolute Gasteiger partial charge is 0.284 e. The molecule has 1 heterocycles. The van der Waals surface area contributed by atoms with Crippen LogP contribution in [0.4, 0.5) is 5.69 Å². The Morgan fingerprint density at radius 3 is 2.84 bits per heavy atom. The molecular formula is C16H21N5O3S. The van der Waals surface area contributed by atoms with E-state index < -0.39 is 0 Å². The van der Waals surface area contributed by atoms with Crippen LogP contribution in [0.25, 0.3) is 0 Å². The van der Waals surface area contributed by atoms with Crippen molar-refractivity contribution in [2.75, 3.05) is 33.7 Å². The SMILES string of the molecule is CN(C)C(=O)/C(N)=C/C1=NCCCN(Sc2ccccc2[N+](=O)[O-])C1. The molecule has 0 spiro atoms. The van der Waals surface area contributed by atoms with Crippen molar-refractivity contribution in [3.63, 3.8) is 0 Å². The van der Waals surface area contributed by atoms with Gasteiger partial charge in [-0.2, -0.15) is 0 Å². The van der Waals surface area contributed by atoms with Gasteiger partial charge in [-0.05, 0) is 30.5 Å². The van der Waals surface area contributed by atoms with Gasteiger partial charge >= 0.3 is 0 Å². The number of rotatable bonds is 5. The van der Waals surface area contributed by atoms with Crippen LogP contribution in [0.5, 0.6) is 0 Å². The molecule has 1 amide bonds. The Balaban J connectivity index is 2.14. The summed E-state index contributed by atoms with van der Waals surface area (Å²) in [6, 6.07) is 6.64. The highest BCUT2D eigenvalue weighted by molar-refractivity contribution is 7.97. The summed E-state index contributed by atoms with van der Waals surface area (Å²) in [6.07, 6.45) is 2.41. The first kappa shape index (κ1) is 18.9. The molecule has 0 saturated heterocycles. The zero-order valence-electron chi connectivity index (χ0n) is 14.2. The monoisotopic (exact) mass is 363 g/mol. The fraction of sp³-hybridized carbons (Fsp3) is 0.375. The highest BCUT2D eigenvalue weighted by atomic mass is 32.2. The highest BCUT2D eigenvalue weighted by Crippen LogP contribution is 2.31. The van der Waals surface area contributed by atoms with Crippen molar-refractivity contribution in [2.45, 2.75) is 11.3 Å². The maximum Gasteiger partial charge on any atom is 0.284 e. The predicted octanol–water partition coefficient (Wildman–Crippen LogP) is 1.68. The third-order valence-corrected chi connectivity index (χ3v) is 4.60. The van der Waals surface area contributed by atoms with Gasteiger partial charge in [0, 0.05) is 33.3 Å². The summed E-state index contributed by atoms with van der Waals surface area (Å²) in [5, 5.41) is 11.2. The van der Waals surface area contributed by atoms with E-state index in [4.69, 9.17) is 5.73 Å². The van der Waals surface area contributed by atoms with Crippen LogP contribution in [0.2, 0.25) is 0 Å². The second kappa shape index (κ2) is 8.63. The number of hydrogen-bond acceptors (Lipinski definition) is 7. The number of nitrogens with two attached hydrogens (primary N) is 1. The largest absolute Gasteiger partial charge is 0.394 e. The van der Waals surface area contributed by atoms with E-state index in [-0.39, 0.29) is 22.2 Å². The zero-order valence-corrected chi connectivity index (χ0v) is 15.0. The van der Waals surface area contributed by atoms with Crippen molar-refractivity contribution < 1.29 is 9.72 Å². The minimum Gasteiger partial charge on any atom is -0.394 e. The number of para-hydroxylation sites is 1. The molecule has 0 unspecified atom stereocenters. The number of carbonyl (C=O) groups excluding carboxylic acids is 1. The number of hydrogen-bond donors (Lipinski definition) is 1. The van der Waals surface area contributed by atoms with Crippen LogP contribution < -0.4 is 5.73 Å². The van der Waals surface area contributed by atoms with E-state index in [2.05, 4.69) is 4.99 Å². The number of nitro groups is 1. The normalized spacial score (nSPS) is 16.1. The molecule has 0 saturated carbocycles. The number of carbonyl (C=O) groups is 1. The Hall–Kier alpha value is -2.39. The first-order valence-electron chi connectivity index (χ1n) is 7.77. The Labute approximate surface area is 150 Å². The van der Waals surface area contributed by atoms with Crippen molar-refractivity contribution in [3.05, 3.63) is 46.2 Å². The molecule has 0 aliphatic carbocycles. The van der Waals surface area contributed by atoms with Crippen molar-refractivity contribution in [2.24, 2.45) is 10.7 Å². The van der Waals surface area contributed by atoms with Gasteiger partial charge in [0.05, 0.1) is 22.9 Å². The van der Waals surface area contributed by atoms with Gasteiger partial charge in [-0.3, -0.25) is 19.9 Å². The van der Waals surface area contributed by atoms with Gasteiger partial charge < -0.3 is 10.6 Å². The van der Waals surface area contributed by atoms with Gasteiger partial charge in [0.1, 0.15) is 4.90 Å². The molecule has 1 aromatic carbocycles. The Morgan fingerprint density at radius 1 is 1.44 bits per heavy atom. The summed E-state index contributed by atoms with van der Waals surface area (Å²) in [6.45, 7) is 1.82. The number of benzene rings is 1. The lowest BCUT2D eigenvalue weighted by Crippen LogP contribution is -2.29. The van der Waals surface area contributed by atoms with Crippen LogP contribution in [-0.2, 0) is 4.79 Å². The van der Waals surface area contributed by atoms with Crippen LogP contribution in [-0.4, -0.2) is 59.5 Å². The first-order valence-corrected chi connectivity index (χ1v) is 8.54. The van der Waals surface area contributed by atoms with Crippen molar-refractivity contribution in [3.8, 4) is 0 Å². The van der Waals surface area contributed by atoms with Crippen LogP contribution in [0.3, 0.4) is 0 Å². The van der Waals surface area contributed by atoms with E-state index in [1.54, 1.807) is 38.4 Å². The molecule has 1 aromatic rings. The third kappa shape index (κ3) is 5.30. The number of nitro benzene ring substituents is 1. The molecule has 0 fully saturated rings. The lowest BCUT2D eigenvalue weighted by Gasteiger charge is -2.19. The van der Waals surface area contributed by atoms with Crippen LogP contribution in [0, 0.1) is 10.1 Å². The lowest BCUT2D eigenvalue weighted by atomic mass is 10.2. The number of nitrogens with zero attached hydrogens (tertiary/aromatic N) is 4. The lowest BCUT2D eigenvalue weighted by molar-refractivity contribution is -0.387. The summed E-state index contributed by atoms with van der Waals surface area (Å²) >= 11 is 1.32. The maximum absolute atomic E-state index is 11.9. The standard InChI is InChI=1S/C16H21N5O3S/c1-19(2)16(22)13(17)10-12-11-20(9-5-8-18-12)25-15-7-4-3-6-14(15)21(23)24/h3-4,6-7,10H,5,8-9,11,17H2,1-2H3/b13-10-. The van der Waals surface area contributed by atoms with Gasteiger partial charge in [-0.25, -0.2) is 4.31 Å². The summed E-state index contributed by atoms with van der Waals surface area (Å²) in [5.74, 6) is -0.273. The predicted molar refractivity (Wildman–Crippen MR) is 98.4 cm³/mol. The fourth-order valence-electron chi connectivity index (χ4n) is 2.27. The molecular weight excluding hydrogens is 342 g/mol. The van der Waals surface area contributed by atoms with E-state index in [9.17, 15) is 14.9 Å². The fourth-order valence-corrected chi connectivity index (χ4v) is 3.34. The van der Waals surface area contributed by atoms with Crippen molar-refractivity contribution >= 4 is 29.3 Å². The molecule has 9 heteroatoms. The molecule has 8 nitrogen and oxygen atoms in total. The van der Waals surface area contributed by atoms with Crippen LogP contribution >= 0.6 is 11.9 Å². The summed E-state index contributed by atoms with van der Waals surface area (Å²) < 4.78 is 2.00. The Morgan fingerprint density at radius 2 is 2.16 bits per heavy atom. The molecule has 0 aromatic heterocycles. The van der Waals surface area contributed by atoms with Gasteiger partial charge in [0.2, 0.25) is 0 Å². The summed E-state index contributed by atoms with van der Waals surface area (Å²) in [4.78, 5) is 29.1. The summed E-state index contributed by atoms with van der Waals surface area (Å²) in [5.41, 5.74) is 6.73. The van der Waals surface area contributed by atoms with Crippen LogP contribution in [0.15, 0.2) is 45.9 Å². The number of likely N-dealkylation sites (N-methyl/N-ethyl adjacent to an activating group) is 1. The molecule has 0 bridgehead atoms. The molecule has 0 radical (unpaired) electrons. The Bertz CT molecular complexity index is 717. The van der Waals surface area contributed by atoms with E-state index >= 15 is 0 Å². The first-order chi connectivity index (χ1) is 11.9. The average Bonchev–Trinajstić information content (AvgIpc) is 2.79. The molecule has 2 N–H and O–H groups in total. The second-order valence-electron chi connectivity index (χ2n) is 5.71. The van der Waals surface area contributed by atoms with E-state index in [1.165, 1.54) is 22.9 Å². The second-order valence-corrected chi connectivity index (χ2v) is 6.84. The highest BCUT2D eigenvalue weighted by Gasteiger charge is 2.19. The number of aliphatic imine (C=N–C) groups is 1. The summed E-state index contributed by atoms with van der Waals surface area (Å²) in [7, 11) is 3.27. The Kier molecular flexibility index (Phi) is 6.54. The average molecular weight is 363 g/mol. The van der Waals surface area contributed by atoms with Gasteiger partial charge in [-0.15, -0.1) is 0 Å². The molecule has 2 rings (SSSR count). The van der Waals surface area contributed by atoms with E-state index in [0.29, 0.717) is 23.7 Å². The van der Waals surface area contributed by atoms with E-state index in [1.807, 2.05) is 4.31 Å². The van der Waals surface area contributed by atoms with Gasteiger partial charge in [0.15, 0.2) is 0 Å². The van der Waals surface area contributed by atoms with Gasteiger partial charge in [0.25, 0.3) is 11.6 Å². The maximum atomic E-state index is 11.9. The van der Waals surface area contributed by atoms with Crippen LogP contribution in [0.1, 0.15) is 6.42 Å². The molecule has 0 atom stereocenters.